The molecule has 0 fully saturated rings. The highest BCUT2D eigenvalue weighted by Gasteiger charge is 2.34. The molecular weight excluding hydrogens is 337 g/mol. The van der Waals surface area contributed by atoms with Gasteiger partial charge in [-0.25, -0.2) is 9.48 Å². The van der Waals surface area contributed by atoms with E-state index in [-0.39, 0.29) is 16.9 Å². The maximum atomic E-state index is 12.9. The average molecular weight is 348 g/mol. The summed E-state index contributed by atoms with van der Waals surface area (Å²) < 4.78 is 44.0. The molecule has 128 valence electrons. The largest absolute Gasteiger partial charge is 0.573 e. The van der Waals surface area contributed by atoms with Crippen molar-refractivity contribution < 1.29 is 27.8 Å². The van der Waals surface area contributed by atoms with Crippen LogP contribution in [0.1, 0.15) is 10.5 Å². The van der Waals surface area contributed by atoms with Crippen molar-refractivity contribution in [2.45, 2.75) is 6.36 Å². The number of hydrogen-bond acceptors (Lipinski definition) is 3. The van der Waals surface area contributed by atoms with E-state index in [9.17, 15) is 18.0 Å². The standard InChI is InChI=1S/C17H11F3N2O3/c18-17(19,20)25-15-12(11-5-2-1-3-6-11)7-4-8-14(15)22-10-9-13(21-22)16(23)24/h1-10H,(H,23,24). The molecule has 5 nitrogen and oxygen atoms in total. The zero-order valence-electron chi connectivity index (χ0n) is 12.6. The van der Waals surface area contributed by atoms with E-state index in [1.54, 1.807) is 36.4 Å². The smallest absolute Gasteiger partial charge is 0.476 e. The second-order valence-corrected chi connectivity index (χ2v) is 5.02. The molecule has 0 amide bonds. The lowest BCUT2D eigenvalue weighted by atomic mass is 10.0. The normalized spacial score (nSPS) is 11.3. The lowest BCUT2D eigenvalue weighted by Gasteiger charge is -2.17. The van der Waals surface area contributed by atoms with Gasteiger partial charge in [0.2, 0.25) is 0 Å². The molecule has 0 saturated carbocycles. The van der Waals surface area contributed by atoms with E-state index in [1.165, 1.54) is 24.4 Å². The molecule has 0 aliphatic heterocycles. The maximum absolute atomic E-state index is 12.9. The van der Waals surface area contributed by atoms with Gasteiger partial charge in [0.1, 0.15) is 5.69 Å². The van der Waals surface area contributed by atoms with Crippen LogP contribution in [-0.4, -0.2) is 27.2 Å². The number of ether oxygens (including phenoxy) is 1. The van der Waals surface area contributed by atoms with E-state index in [4.69, 9.17) is 5.11 Å². The van der Waals surface area contributed by atoms with Crippen molar-refractivity contribution in [3.63, 3.8) is 0 Å². The summed E-state index contributed by atoms with van der Waals surface area (Å²) in [4.78, 5) is 11.0. The fraction of sp³-hybridized carbons (Fsp3) is 0.0588. The Balaban J connectivity index is 2.19. The van der Waals surface area contributed by atoms with Gasteiger partial charge in [0.15, 0.2) is 11.4 Å². The summed E-state index contributed by atoms with van der Waals surface area (Å²) >= 11 is 0. The maximum Gasteiger partial charge on any atom is 0.573 e. The van der Waals surface area contributed by atoms with Crippen LogP contribution in [0, 0.1) is 0 Å². The second-order valence-electron chi connectivity index (χ2n) is 5.02. The van der Waals surface area contributed by atoms with Gasteiger partial charge in [-0.1, -0.05) is 42.5 Å². The van der Waals surface area contributed by atoms with Gasteiger partial charge in [0.05, 0.1) is 0 Å². The third-order valence-corrected chi connectivity index (χ3v) is 3.35. The number of rotatable bonds is 4. The Morgan fingerprint density at radius 3 is 2.36 bits per heavy atom. The first-order valence-electron chi connectivity index (χ1n) is 7.09. The minimum atomic E-state index is -4.91. The van der Waals surface area contributed by atoms with Crippen molar-refractivity contribution in [1.82, 2.24) is 9.78 Å². The summed E-state index contributed by atoms with van der Waals surface area (Å²) in [6.45, 7) is 0. The monoisotopic (exact) mass is 348 g/mol. The summed E-state index contributed by atoms with van der Waals surface area (Å²) in [5.74, 6) is -1.74. The van der Waals surface area contributed by atoms with Crippen molar-refractivity contribution in [3.05, 3.63) is 66.5 Å². The molecule has 3 aromatic rings. The van der Waals surface area contributed by atoms with E-state index in [0.29, 0.717) is 5.56 Å². The van der Waals surface area contributed by atoms with Gasteiger partial charge in [-0.2, -0.15) is 5.10 Å². The molecule has 3 rings (SSSR count). The molecule has 0 aliphatic rings. The Morgan fingerprint density at radius 1 is 1.04 bits per heavy atom. The third kappa shape index (κ3) is 3.63. The molecule has 0 unspecified atom stereocenters. The number of carbonyl (C=O) groups is 1. The predicted molar refractivity (Wildman–Crippen MR) is 82.6 cm³/mol. The topological polar surface area (TPSA) is 64.3 Å². The van der Waals surface area contributed by atoms with Gasteiger partial charge in [-0.3, -0.25) is 0 Å². The van der Waals surface area contributed by atoms with Gasteiger partial charge in [-0.05, 0) is 17.7 Å². The number of carboxylic acid groups (broad SMARTS) is 1. The Labute approximate surface area is 139 Å². The van der Waals surface area contributed by atoms with Gasteiger partial charge < -0.3 is 9.84 Å². The molecule has 25 heavy (non-hydrogen) atoms. The van der Waals surface area contributed by atoms with Crippen LogP contribution >= 0.6 is 0 Å². The number of hydrogen-bond donors (Lipinski definition) is 1. The number of carboxylic acids is 1. The number of aromatic carboxylic acids is 1. The fourth-order valence-electron chi connectivity index (χ4n) is 2.35. The molecule has 1 aromatic heterocycles. The zero-order chi connectivity index (χ0) is 18.0. The van der Waals surface area contributed by atoms with E-state index in [1.807, 2.05) is 0 Å². The van der Waals surface area contributed by atoms with Crippen LogP contribution < -0.4 is 4.74 Å². The van der Waals surface area contributed by atoms with Crippen LogP contribution in [0.4, 0.5) is 13.2 Å². The SMILES string of the molecule is O=C(O)c1ccn(-c2cccc(-c3ccccc3)c2OC(F)(F)F)n1. The lowest BCUT2D eigenvalue weighted by Crippen LogP contribution is -2.19. The number of benzene rings is 2. The Bertz CT molecular complexity index is 905. The minimum absolute atomic E-state index is 0.0221. The Morgan fingerprint density at radius 2 is 1.76 bits per heavy atom. The number of para-hydroxylation sites is 1. The molecule has 2 aromatic carbocycles. The van der Waals surface area contributed by atoms with Crippen LogP contribution in [0.5, 0.6) is 5.75 Å². The minimum Gasteiger partial charge on any atom is -0.476 e. The zero-order valence-corrected chi connectivity index (χ0v) is 12.6. The number of aromatic nitrogens is 2. The summed E-state index contributed by atoms with van der Waals surface area (Å²) in [5, 5.41) is 12.7. The van der Waals surface area contributed by atoms with Crippen molar-refractivity contribution in [2.75, 3.05) is 0 Å². The fourth-order valence-corrected chi connectivity index (χ4v) is 2.35. The van der Waals surface area contributed by atoms with Crippen molar-refractivity contribution >= 4 is 5.97 Å². The Hall–Kier alpha value is -3.29. The van der Waals surface area contributed by atoms with E-state index in [2.05, 4.69) is 9.84 Å². The van der Waals surface area contributed by atoms with Crippen LogP contribution in [0.25, 0.3) is 16.8 Å². The average Bonchev–Trinajstić information content (AvgIpc) is 3.04. The summed E-state index contributed by atoms with van der Waals surface area (Å²) in [6, 6.07) is 14.0. The molecule has 1 heterocycles. The van der Waals surface area contributed by atoms with E-state index in [0.717, 1.165) is 4.68 Å². The Kier molecular flexibility index (Phi) is 4.18. The summed E-state index contributed by atoms with van der Waals surface area (Å²) in [6.07, 6.45) is -3.65. The molecule has 0 aliphatic carbocycles. The van der Waals surface area contributed by atoms with Gasteiger partial charge in [0.25, 0.3) is 0 Å². The van der Waals surface area contributed by atoms with Crippen molar-refractivity contribution in [3.8, 4) is 22.6 Å². The first-order valence-corrected chi connectivity index (χ1v) is 7.09. The second kappa shape index (κ2) is 6.31. The first-order chi connectivity index (χ1) is 11.8. The van der Waals surface area contributed by atoms with Crippen LogP contribution in [0.2, 0.25) is 0 Å². The van der Waals surface area contributed by atoms with Gasteiger partial charge in [0, 0.05) is 11.8 Å². The molecule has 0 saturated heterocycles. The van der Waals surface area contributed by atoms with Gasteiger partial charge >= 0.3 is 12.3 Å². The lowest BCUT2D eigenvalue weighted by molar-refractivity contribution is -0.274. The third-order valence-electron chi connectivity index (χ3n) is 3.35. The number of halogens is 3. The van der Waals surface area contributed by atoms with E-state index < -0.39 is 18.1 Å². The molecule has 1 N–H and O–H groups in total. The van der Waals surface area contributed by atoms with Crippen molar-refractivity contribution in [2.24, 2.45) is 0 Å². The summed E-state index contributed by atoms with van der Waals surface area (Å²) in [5.41, 5.74) is 0.422. The van der Waals surface area contributed by atoms with Crippen LogP contribution in [-0.2, 0) is 0 Å². The van der Waals surface area contributed by atoms with E-state index >= 15 is 0 Å². The molecule has 0 radical (unpaired) electrons. The van der Waals surface area contributed by atoms with Crippen LogP contribution in [0.15, 0.2) is 60.8 Å². The highest BCUT2D eigenvalue weighted by molar-refractivity contribution is 5.85. The molecule has 0 atom stereocenters. The molecular formula is C17H11F3N2O3. The quantitative estimate of drug-likeness (QED) is 0.770. The molecule has 8 heteroatoms. The molecule has 0 spiro atoms. The molecule has 0 bridgehead atoms. The number of alkyl halides is 3. The number of nitrogens with zero attached hydrogens (tertiary/aromatic N) is 2. The summed E-state index contributed by atoms with van der Waals surface area (Å²) in [7, 11) is 0. The highest BCUT2D eigenvalue weighted by atomic mass is 19.4. The van der Waals surface area contributed by atoms with Crippen molar-refractivity contribution in [1.29, 1.82) is 0 Å². The predicted octanol–water partition coefficient (Wildman–Crippen LogP) is 4.14. The van der Waals surface area contributed by atoms with Gasteiger partial charge in [-0.15, -0.1) is 13.2 Å². The highest BCUT2D eigenvalue weighted by Crippen LogP contribution is 2.38. The van der Waals surface area contributed by atoms with Crippen LogP contribution in [0.3, 0.4) is 0 Å². The first kappa shape index (κ1) is 16.6.